The van der Waals surface area contributed by atoms with Crippen LogP contribution in [0.5, 0.6) is 0 Å². The Bertz CT molecular complexity index is 426. The van der Waals surface area contributed by atoms with Crippen molar-refractivity contribution in [2.24, 2.45) is 10.7 Å². The number of aliphatic hydroxyl groups is 2. The van der Waals surface area contributed by atoms with Gasteiger partial charge in [-0.15, -0.1) is 11.8 Å². The summed E-state index contributed by atoms with van der Waals surface area (Å²) in [5.41, 5.74) is 5.18. The van der Waals surface area contributed by atoms with E-state index in [1.807, 2.05) is 0 Å². The van der Waals surface area contributed by atoms with Gasteiger partial charge in [0, 0.05) is 25.3 Å². The number of thioether (sulfide) groups is 1. The van der Waals surface area contributed by atoms with Crippen molar-refractivity contribution in [3.05, 3.63) is 12.3 Å². The van der Waals surface area contributed by atoms with E-state index in [4.69, 9.17) is 15.6 Å². The molecule has 0 radical (unpaired) electrons. The van der Waals surface area contributed by atoms with Gasteiger partial charge < -0.3 is 25.6 Å². The first-order valence-corrected chi connectivity index (χ1v) is 6.96. The first-order chi connectivity index (χ1) is 8.47. The predicted molar refractivity (Wildman–Crippen MR) is 68.8 cm³/mol. The molecule has 1 spiro atoms. The Hall–Kier alpha value is -0.760. The summed E-state index contributed by atoms with van der Waals surface area (Å²) in [7, 11) is 0. The van der Waals surface area contributed by atoms with Crippen LogP contribution in [0.15, 0.2) is 17.3 Å². The molecular formula is C11H17N3O3S. The largest absolute Gasteiger partial charge is 0.393 e. The topological polar surface area (TPSA) is 91.3 Å². The molecule has 18 heavy (non-hydrogen) atoms. The average Bonchev–Trinajstić information content (AvgIpc) is 2.80. The maximum atomic E-state index is 10.3. The second kappa shape index (κ2) is 3.86. The molecule has 2 fully saturated rings. The van der Waals surface area contributed by atoms with E-state index >= 15 is 0 Å². The van der Waals surface area contributed by atoms with Gasteiger partial charge in [0.15, 0.2) is 0 Å². The fraction of sp³-hybridized carbons (Fsp3) is 0.727. The summed E-state index contributed by atoms with van der Waals surface area (Å²) in [6.45, 7) is 1.64. The van der Waals surface area contributed by atoms with Gasteiger partial charge in [0.2, 0.25) is 5.85 Å². The molecule has 1 saturated carbocycles. The normalized spacial score (nSPS) is 46.6. The van der Waals surface area contributed by atoms with E-state index in [2.05, 4.69) is 4.99 Å². The zero-order chi connectivity index (χ0) is 13.0. The van der Waals surface area contributed by atoms with Crippen LogP contribution >= 0.6 is 11.8 Å². The van der Waals surface area contributed by atoms with Crippen LogP contribution in [-0.2, 0) is 4.74 Å². The minimum Gasteiger partial charge on any atom is -0.393 e. The highest BCUT2D eigenvalue weighted by molar-refractivity contribution is 8.00. The fourth-order valence-corrected chi connectivity index (χ4v) is 3.80. The van der Waals surface area contributed by atoms with Gasteiger partial charge in [-0.05, 0) is 6.08 Å². The minimum atomic E-state index is -1.32. The summed E-state index contributed by atoms with van der Waals surface area (Å²) in [6, 6.07) is 0.0876. The lowest BCUT2D eigenvalue weighted by atomic mass is 10.2. The Morgan fingerprint density at radius 2 is 2.50 bits per heavy atom. The van der Waals surface area contributed by atoms with E-state index in [9.17, 15) is 5.11 Å². The summed E-state index contributed by atoms with van der Waals surface area (Å²) in [5.74, 6) is -0.165. The SMILES string of the molecule is CC1(O)N=C(N)C=CN1C1CC12CS[C@@H](CO)O2. The second-order valence-corrected chi connectivity index (χ2v) is 6.20. The molecule has 0 aromatic rings. The fourth-order valence-electron chi connectivity index (χ4n) is 2.59. The molecule has 3 aliphatic rings. The molecule has 4 N–H and O–H groups in total. The van der Waals surface area contributed by atoms with Crippen LogP contribution in [0.25, 0.3) is 0 Å². The Balaban J connectivity index is 1.74. The summed E-state index contributed by atoms with van der Waals surface area (Å²) < 4.78 is 5.84. The van der Waals surface area contributed by atoms with Crippen molar-refractivity contribution >= 4 is 17.6 Å². The van der Waals surface area contributed by atoms with Crippen LogP contribution in [0, 0.1) is 0 Å². The zero-order valence-electron chi connectivity index (χ0n) is 10.1. The molecule has 0 amide bonds. The smallest absolute Gasteiger partial charge is 0.235 e. The summed E-state index contributed by atoms with van der Waals surface area (Å²) in [5, 5.41) is 19.4. The van der Waals surface area contributed by atoms with Crippen molar-refractivity contribution in [1.29, 1.82) is 0 Å². The van der Waals surface area contributed by atoms with Crippen LogP contribution in [0.2, 0.25) is 0 Å². The average molecular weight is 271 g/mol. The Morgan fingerprint density at radius 1 is 1.72 bits per heavy atom. The summed E-state index contributed by atoms with van der Waals surface area (Å²) >= 11 is 1.62. The van der Waals surface area contributed by atoms with Crippen molar-refractivity contribution in [3.63, 3.8) is 0 Å². The first kappa shape index (κ1) is 12.3. The van der Waals surface area contributed by atoms with Crippen molar-refractivity contribution < 1.29 is 14.9 Å². The van der Waals surface area contributed by atoms with Crippen LogP contribution in [0.3, 0.4) is 0 Å². The lowest BCUT2D eigenvalue weighted by Crippen LogP contribution is -2.48. The highest BCUT2D eigenvalue weighted by atomic mass is 32.2. The number of hydrogen-bond acceptors (Lipinski definition) is 7. The van der Waals surface area contributed by atoms with Gasteiger partial charge in [-0.1, -0.05) is 0 Å². The van der Waals surface area contributed by atoms with E-state index in [-0.39, 0.29) is 23.7 Å². The van der Waals surface area contributed by atoms with E-state index in [1.165, 1.54) is 0 Å². The van der Waals surface area contributed by atoms with Gasteiger partial charge >= 0.3 is 0 Å². The van der Waals surface area contributed by atoms with Crippen molar-refractivity contribution in [2.75, 3.05) is 12.4 Å². The first-order valence-electron chi connectivity index (χ1n) is 5.91. The maximum Gasteiger partial charge on any atom is 0.235 e. The molecule has 0 aromatic carbocycles. The summed E-state index contributed by atoms with van der Waals surface area (Å²) in [4.78, 5) is 5.81. The molecule has 1 aliphatic carbocycles. The number of amidine groups is 1. The van der Waals surface area contributed by atoms with E-state index in [1.54, 1.807) is 35.9 Å². The van der Waals surface area contributed by atoms with Crippen molar-refractivity contribution in [2.45, 2.75) is 36.3 Å². The molecule has 0 aromatic heterocycles. The summed E-state index contributed by atoms with van der Waals surface area (Å²) in [6.07, 6.45) is 4.28. The molecular weight excluding hydrogens is 254 g/mol. The number of aliphatic hydroxyl groups excluding tert-OH is 1. The third kappa shape index (κ3) is 1.82. The van der Waals surface area contributed by atoms with Gasteiger partial charge in [-0.2, -0.15) is 0 Å². The van der Waals surface area contributed by atoms with Gasteiger partial charge in [0.25, 0.3) is 0 Å². The van der Waals surface area contributed by atoms with Crippen molar-refractivity contribution in [1.82, 2.24) is 4.90 Å². The third-order valence-electron chi connectivity index (χ3n) is 3.59. The molecule has 1 saturated heterocycles. The lowest BCUT2D eigenvalue weighted by Gasteiger charge is -2.36. The van der Waals surface area contributed by atoms with E-state index in [0.29, 0.717) is 5.84 Å². The molecule has 3 rings (SSSR count). The number of ether oxygens (including phenoxy) is 1. The highest BCUT2D eigenvalue weighted by Crippen LogP contribution is 2.54. The third-order valence-corrected chi connectivity index (χ3v) is 4.86. The van der Waals surface area contributed by atoms with Crippen LogP contribution in [0.4, 0.5) is 0 Å². The molecule has 6 nitrogen and oxygen atoms in total. The van der Waals surface area contributed by atoms with E-state index in [0.717, 1.165) is 12.2 Å². The quantitative estimate of drug-likeness (QED) is 0.623. The molecule has 100 valence electrons. The molecule has 2 heterocycles. The highest BCUT2D eigenvalue weighted by Gasteiger charge is 2.64. The Morgan fingerprint density at radius 3 is 3.11 bits per heavy atom. The lowest BCUT2D eigenvalue weighted by molar-refractivity contribution is -0.0842. The molecule has 2 aliphatic heterocycles. The molecule has 3 unspecified atom stereocenters. The zero-order valence-corrected chi connectivity index (χ0v) is 10.9. The Labute approximate surface area is 110 Å². The second-order valence-electron chi connectivity index (χ2n) is 5.06. The number of rotatable bonds is 2. The van der Waals surface area contributed by atoms with Crippen molar-refractivity contribution in [3.8, 4) is 0 Å². The number of hydrogen-bond donors (Lipinski definition) is 3. The predicted octanol–water partition coefficient (Wildman–Crippen LogP) is -0.568. The van der Waals surface area contributed by atoms with Gasteiger partial charge in [0.1, 0.15) is 16.9 Å². The monoisotopic (exact) mass is 271 g/mol. The van der Waals surface area contributed by atoms with Crippen LogP contribution in [0.1, 0.15) is 13.3 Å². The van der Waals surface area contributed by atoms with Crippen LogP contribution in [-0.4, -0.2) is 56.2 Å². The van der Waals surface area contributed by atoms with Gasteiger partial charge in [-0.3, -0.25) is 0 Å². The number of nitrogens with two attached hydrogens (primary N) is 1. The minimum absolute atomic E-state index is 0.0243. The maximum absolute atomic E-state index is 10.3. The van der Waals surface area contributed by atoms with Gasteiger partial charge in [0.05, 0.1) is 12.6 Å². The molecule has 7 heteroatoms. The van der Waals surface area contributed by atoms with E-state index < -0.39 is 5.85 Å². The number of aliphatic imine (C=N–C) groups is 1. The molecule has 4 atom stereocenters. The van der Waals surface area contributed by atoms with Crippen LogP contribution < -0.4 is 5.73 Å². The molecule has 0 bridgehead atoms. The van der Waals surface area contributed by atoms with Gasteiger partial charge in [-0.25, -0.2) is 4.99 Å². The number of nitrogens with zero attached hydrogens (tertiary/aromatic N) is 2. The Kier molecular flexibility index (Phi) is 2.64. The standard InChI is InChI=1S/C11H17N3O3S/c1-10(16)13-8(12)2-3-14(10)7-4-11(7)6-18-9(5-15)17-11/h2-3,7,9,15-16H,4-6H2,1H3,(H2,12,13)/t7?,9-,10?,11?/m0/s1.